The zero-order valence-electron chi connectivity index (χ0n) is 11.2. The van der Waals surface area contributed by atoms with Crippen molar-refractivity contribution < 1.29 is 25.2 Å². The molecule has 5 N–H and O–H groups in total. The first-order chi connectivity index (χ1) is 9.60. The molecule has 6 heteroatoms. The largest absolute Gasteiger partial charge is 0.504 e. The standard InChI is InChI=1S/C14H21NO5/c16-8-3-1-2-5-10(9-17)15-14(20)11-6-4-7-12(18)13(11)19/h4,6-7,10,16-19H,1-3,5,8-9H2,(H,15,20)/t10-/m0/s1. The third kappa shape index (κ3) is 4.71. The number of unbranched alkanes of at least 4 members (excludes halogenated alkanes) is 2. The van der Waals surface area contributed by atoms with Crippen LogP contribution in [0.4, 0.5) is 0 Å². The predicted molar refractivity (Wildman–Crippen MR) is 73.7 cm³/mol. The monoisotopic (exact) mass is 283 g/mol. The van der Waals surface area contributed by atoms with Crippen molar-refractivity contribution >= 4 is 5.91 Å². The SMILES string of the molecule is O=C(N[C@H](CO)CCCCCO)c1cccc(O)c1O. The van der Waals surface area contributed by atoms with Crippen molar-refractivity contribution in [3.63, 3.8) is 0 Å². The van der Waals surface area contributed by atoms with Gasteiger partial charge in [0.25, 0.3) is 5.91 Å². The number of phenolic OH excluding ortho intramolecular Hbond substituents is 2. The van der Waals surface area contributed by atoms with Crippen LogP contribution in [0.15, 0.2) is 18.2 Å². The lowest BCUT2D eigenvalue weighted by atomic mass is 10.1. The number of rotatable bonds is 8. The van der Waals surface area contributed by atoms with Gasteiger partial charge >= 0.3 is 0 Å². The fraction of sp³-hybridized carbons (Fsp3) is 0.500. The normalized spacial score (nSPS) is 12.1. The van der Waals surface area contributed by atoms with E-state index >= 15 is 0 Å². The summed E-state index contributed by atoms with van der Waals surface area (Å²) in [7, 11) is 0. The number of carbonyl (C=O) groups is 1. The zero-order chi connectivity index (χ0) is 15.0. The van der Waals surface area contributed by atoms with Gasteiger partial charge in [-0.1, -0.05) is 18.9 Å². The van der Waals surface area contributed by atoms with Crippen molar-refractivity contribution in [1.82, 2.24) is 5.32 Å². The first-order valence-electron chi connectivity index (χ1n) is 6.63. The Morgan fingerprint density at radius 2 is 1.90 bits per heavy atom. The lowest BCUT2D eigenvalue weighted by Crippen LogP contribution is -2.37. The molecule has 0 aliphatic rings. The Labute approximate surface area is 117 Å². The lowest BCUT2D eigenvalue weighted by Gasteiger charge is -2.16. The topological polar surface area (TPSA) is 110 Å². The van der Waals surface area contributed by atoms with E-state index in [0.29, 0.717) is 12.8 Å². The molecular weight excluding hydrogens is 262 g/mol. The van der Waals surface area contributed by atoms with E-state index in [4.69, 9.17) is 5.11 Å². The molecule has 1 atom stereocenters. The number of hydrogen-bond donors (Lipinski definition) is 5. The molecule has 1 amide bonds. The Balaban J connectivity index is 2.56. The molecule has 0 fully saturated rings. The number of benzene rings is 1. The van der Waals surface area contributed by atoms with Gasteiger partial charge in [-0.3, -0.25) is 4.79 Å². The number of phenols is 2. The molecule has 0 unspecified atom stereocenters. The Morgan fingerprint density at radius 1 is 1.15 bits per heavy atom. The highest BCUT2D eigenvalue weighted by atomic mass is 16.3. The van der Waals surface area contributed by atoms with Gasteiger partial charge in [-0.2, -0.15) is 0 Å². The quantitative estimate of drug-likeness (QED) is 0.357. The maximum atomic E-state index is 11.9. The molecule has 0 radical (unpaired) electrons. The van der Waals surface area contributed by atoms with E-state index in [0.717, 1.165) is 12.8 Å². The summed E-state index contributed by atoms with van der Waals surface area (Å²) in [5.74, 6) is -1.37. The Kier molecular flexibility index (Phi) is 6.83. The molecule has 0 saturated heterocycles. The second-order valence-electron chi connectivity index (χ2n) is 4.60. The molecule has 6 nitrogen and oxygen atoms in total. The minimum absolute atomic E-state index is 0.0289. The van der Waals surface area contributed by atoms with Gasteiger partial charge in [0.05, 0.1) is 18.2 Å². The van der Waals surface area contributed by atoms with E-state index in [-0.39, 0.29) is 24.5 Å². The van der Waals surface area contributed by atoms with Crippen LogP contribution < -0.4 is 5.32 Å². The average molecular weight is 283 g/mol. The minimum Gasteiger partial charge on any atom is -0.504 e. The van der Waals surface area contributed by atoms with Gasteiger partial charge in [-0.25, -0.2) is 0 Å². The summed E-state index contributed by atoms with van der Waals surface area (Å²) in [4.78, 5) is 11.9. The van der Waals surface area contributed by atoms with Gasteiger partial charge < -0.3 is 25.7 Å². The van der Waals surface area contributed by atoms with Crippen LogP contribution in [0.5, 0.6) is 11.5 Å². The summed E-state index contributed by atoms with van der Waals surface area (Å²) < 4.78 is 0. The zero-order valence-corrected chi connectivity index (χ0v) is 11.2. The highest BCUT2D eigenvalue weighted by Crippen LogP contribution is 2.28. The minimum atomic E-state index is -0.542. The van der Waals surface area contributed by atoms with Crippen LogP contribution in [0.3, 0.4) is 0 Å². The van der Waals surface area contributed by atoms with Crippen molar-refractivity contribution in [3.05, 3.63) is 23.8 Å². The number of para-hydroxylation sites is 1. The first kappa shape index (κ1) is 16.3. The molecular formula is C14H21NO5. The smallest absolute Gasteiger partial charge is 0.255 e. The van der Waals surface area contributed by atoms with E-state index < -0.39 is 17.7 Å². The Bertz CT molecular complexity index is 436. The molecule has 0 bridgehead atoms. The predicted octanol–water partition coefficient (Wildman–Crippen LogP) is 0.741. The maximum absolute atomic E-state index is 11.9. The van der Waals surface area contributed by atoms with Crippen LogP contribution in [-0.4, -0.2) is 45.6 Å². The Morgan fingerprint density at radius 3 is 2.55 bits per heavy atom. The van der Waals surface area contributed by atoms with Crippen molar-refractivity contribution in [2.24, 2.45) is 0 Å². The molecule has 0 aliphatic carbocycles. The van der Waals surface area contributed by atoms with E-state index in [1.807, 2.05) is 0 Å². The average Bonchev–Trinajstić information content (AvgIpc) is 2.45. The molecule has 1 aromatic rings. The number of nitrogens with one attached hydrogen (secondary N) is 1. The number of amides is 1. The van der Waals surface area contributed by atoms with Crippen molar-refractivity contribution in [2.75, 3.05) is 13.2 Å². The third-order valence-electron chi connectivity index (χ3n) is 3.03. The van der Waals surface area contributed by atoms with Crippen LogP contribution in [-0.2, 0) is 0 Å². The summed E-state index contributed by atoms with van der Waals surface area (Å²) in [6, 6.07) is 3.72. The fourth-order valence-corrected chi connectivity index (χ4v) is 1.87. The van der Waals surface area contributed by atoms with Crippen LogP contribution in [0.2, 0.25) is 0 Å². The summed E-state index contributed by atoms with van der Waals surface area (Å²) in [5, 5.41) is 39.4. The van der Waals surface area contributed by atoms with Gasteiger partial charge in [0.1, 0.15) is 0 Å². The molecule has 112 valence electrons. The molecule has 0 aromatic heterocycles. The van der Waals surface area contributed by atoms with Gasteiger partial charge in [-0.15, -0.1) is 0 Å². The second kappa shape index (κ2) is 8.39. The maximum Gasteiger partial charge on any atom is 0.255 e. The van der Waals surface area contributed by atoms with Crippen molar-refractivity contribution in [1.29, 1.82) is 0 Å². The number of aliphatic hydroxyl groups is 2. The van der Waals surface area contributed by atoms with E-state index in [9.17, 15) is 20.1 Å². The lowest BCUT2D eigenvalue weighted by molar-refractivity contribution is 0.0908. The molecule has 0 spiro atoms. The van der Waals surface area contributed by atoms with Crippen LogP contribution >= 0.6 is 0 Å². The molecule has 0 aliphatic heterocycles. The van der Waals surface area contributed by atoms with Crippen LogP contribution in [0, 0.1) is 0 Å². The first-order valence-corrected chi connectivity index (χ1v) is 6.63. The molecule has 1 rings (SSSR count). The highest BCUT2D eigenvalue weighted by molar-refractivity contribution is 5.97. The summed E-state index contributed by atoms with van der Waals surface area (Å²) in [5.41, 5.74) is -0.0289. The molecule has 0 saturated carbocycles. The second-order valence-corrected chi connectivity index (χ2v) is 4.60. The number of aromatic hydroxyl groups is 2. The van der Waals surface area contributed by atoms with Gasteiger partial charge in [0.2, 0.25) is 0 Å². The van der Waals surface area contributed by atoms with Crippen molar-refractivity contribution in [3.8, 4) is 11.5 Å². The van der Waals surface area contributed by atoms with Gasteiger partial charge in [0, 0.05) is 6.61 Å². The van der Waals surface area contributed by atoms with Crippen molar-refractivity contribution in [2.45, 2.75) is 31.7 Å². The number of aliphatic hydroxyl groups excluding tert-OH is 2. The van der Waals surface area contributed by atoms with E-state index in [2.05, 4.69) is 5.32 Å². The third-order valence-corrected chi connectivity index (χ3v) is 3.03. The summed E-state index contributed by atoms with van der Waals surface area (Å²) in [6.07, 6.45) is 2.87. The summed E-state index contributed by atoms with van der Waals surface area (Å²) >= 11 is 0. The van der Waals surface area contributed by atoms with Gasteiger partial charge in [-0.05, 0) is 25.0 Å². The summed E-state index contributed by atoms with van der Waals surface area (Å²) in [6.45, 7) is -0.0717. The van der Waals surface area contributed by atoms with E-state index in [1.165, 1.54) is 18.2 Å². The van der Waals surface area contributed by atoms with E-state index in [1.54, 1.807) is 0 Å². The van der Waals surface area contributed by atoms with Crippen LogP contribution in [0.1, 0.15) is 36.0 Å². The fourth-order valence-electron chi connectivity index (χ4n) is 1.87. The molecule has 20 heavy (non-hydrogen) atoms. The highest BCUT2D eigenvalue weighted by Gasteiger charge is 2.17. The van der Waals surface area contributed by atoms with Gasteiger partial charge in [0.15, 0.2) is 11.5 Å². The molecule has 1 aromatic carbocycles. The van der Waals surface area contributed by atoms with Crippen LogP contribution in [0.25, 0.3) is 0 Å². The number of hydrogen-bond acceptors (Lipinski definition) is 5. The molecule has 0 heterocycles. The Hall–Kier alpha value is -1.79. The number of carbonyl (C=O) groups excluding carboxylic acids is 1.